The standard InChI is InChI=1S/C24H43N/c1-4-5-6-7-8-9-10-11-12-13-14-15-19-22-25-24(2,3)23-20-17-16-18-21-23/h16-18,20-21,25H,4-15,19,22H2,1-3H3. The number of hydrogen-bond donors (Lipinski definition) is 1. The monoisotopic (exact) mass is 345 g/mol. The molecule has 0 unspecified atom stereocenters. The zero-order chi connectivity index (χ0) is 18.2. The van der Waals surface area contributed by atoms with Gasteiger partial charge in [-0.3, -0.25) is 0 Å². The van der Waals surface area contributed by atoms with E-state index in [1.165, 1.54) is 89.0 Å². The third kappa shape index (κ3) is 11.4. The van der Waals surface area contributed by atoms with E-state index in [2.05, 4.69) is 56.4 Å². The van der Waals surface area contributed by atoms with Crippen molar-refractivity contribution < 1.29 is 0 Å². The number of nitrogens with one attached hydrogen (secondary N) is 1. The van der Waals surface area contributed by atoms with Crippen LogP contribution in [0.15, 0.2) is 30.3 Å². The predicted octanol–water partition coefficient (Wildman–Crippen LogP) is 7.60. The lowest BCUT2D eigenvalue weighted by atomic mass is 9.94. The van der Waals surface area contributed by atoms with E-state index in [9.17, 15) is 0 Å². The van der Waals surface area contributed by atoms with Gasteiger partial charge in [0.05, 0.1) is 0 Å². The molecule has 1 rings (SSSR count). The van der Waals surface area contributed by atoms with Gasteiger partial charge in [0.1, 0.15) is 0 Å². The Morgan fingerprint density at radius 3 is 1.56 bits per heavy atom. The summed E-state index contributed by atoms with van der Waals surface area (Å²) in [6.07, 6.45) is 18.5. The van der Waals surface area contributed by atoms with E-state index in [0.717, 1.165) is 6.54 Å². The first-order chi connectivity index (χ1) is 12.2. The maximum atomic E-state index is 3.71. The van der Waals surface area contributed by atoms with Crippen molar-refractivity contribution in [1.29, 1.82) is 0 Å². The van der Waals surface area contributed by atoms with Crippen LogP contribution in [0.3, 0.4) is 0 Å². The van der Waals surface area contributed by atoms with Crippen LogP contribution in [-0.2, 0) is 5.54 Å². The van der Waals surface area contributed by atoms with E-state index < -0.39 is 0 Å². The molecular formula is C24H43N. The van der Waals surface area contributed by atoms with Gasteiger partial charge in [0.2, 0.25) is 0 Å². The number of rotatable bonds is 16. The summed E-state index contributed by atoms with van der Waals surface area (Å²) in [5, 5.41) is 3.71. The Bertz CT molecular complexity index is 396. The molecule has 0 heterocycles. The van der Waals surface area contributed by atoms with E-state index in [-0.39, 0.29) is 5.54 Å². The van der Waals surface area contributed by atoms with Crippen LogP contribution in [0.25, 0.3) is 0 Å². The number of hydrogen-bond acceptors (Lipinski definition) is 1. The molecule has 0 bridgehead atoms. The minimum absolute atomic E-state index is 0.0817. The Morgan fingerprint density at radius 1 is 0.640 bits per heavy atom. The number of unbranched alkanes of at least 4 members (excludes halogenated alkanes) is 12. The van der Waals surface area contributed by atoms with Gasteiger partial charge < -0.3 is 5.32 Å². The lowest BCUT2D eigenvalue weighted by molar-refractivity contribution is 0.394. The summed E-state index contributed by atoms with van der Waals surface area (Å²) in [5.74, 6) is 0. The molecule has 0 amide bonds. The van der Waals surface area contributed by atoms with Crippen LogP contribution in [0, 0.1) is 0 Å². The normalized spacial score (nSPS) is 11.8. The molecule has 144 valence electrons. The third-order valence-corrected chi connectivity index (χ3v) is 5.34. The molecular weight excluding hydrogens is 302 g/mol. The molecule has 1 N–H and O–H groups in total. The van der Waals surface area contributed by atoms with E-state index in [1.54, 1.807) is 0 Å². The van der Waals surface area contributed by atoms with E-state index in [4.69, 9.17) is 0 Å². The van der Waals surface area contributed by atoms with Gasteiger partial charge in [0.25, 0.3) is 0 Å². The predicted molar refractivity (Wildman–Crippen MR) is 113 cm³/mol. The van der Waals surface area contributed by atoms with Gasteiger partial charge in [0, 0.05) is 5.54 Å². The molecule has 0 saturated carbocycles. The molecule has 0 aliphatic rings. The summed E-state index contributed by atoms with van der Waals surface area (Å²) in [5.41, 5.74) is 1.46. The second-order valence-corrected chi connectivity index (χ2v) is 8.16. The van der Waals surface area contributed by atoms with Gasteiger partial charge in [-0.05, 0) is 32.4 Å². The zero-order valence-electron chi connectivity index (χ0n) is 17.3. The second-order valence-electron chi connectivity index (χ2n) is 8.16. The average molecular weight is 346 g/mol. The summed E-state index contributed by atoms with van der Waals surface area (Å²) in [6.45, 7) is 7.98. The highest BCUT2D eigenvalue weighted by Crippen LogP contribution is 2.19. The van der Waals surface area contributed by atoms with Crippen LogP contribution < -0.4 is 5.32 Å². The van der Waals surface area contributed by atoms with Crippen LogP contribution >= 0.6 is 0 Å². The first-order valence-electron chi connectivity index (χ1n) is 11.0. The molecule has 0 radical (unpaired) electrons. The highest BCUT2D eigenvalue weighted by atomic mass is 14.9. The molecule has 0 saturated heterocycles. The SMILES string of the molecule is CCCCCCCCCCCCCCCNC(C)(C)c1ccccc1. The molecule has 1 aromatic rings. The van der Waals surface area contributed by atoms with Crippen LogP contribution in [0.2, 0.25) is 0 Å². The summed E-state index contributed by atoms with van der Waals surface area (Å²) in [7, 11) is 0. The van der Waals surface area contributed by atoms with Gasteiger partial charge in [-0.2, -0.15) is 0 Å². The van der Waals surface area contributed by atoms with Gasteiger partial charge in [-0.15, -0.1) is 0 Å². The maximum absolute atomic E-state index is 3.71. The molecule has 1 nitrogen and oxygen atoms in total. The van der Waals surface area contributed by atoms with Crippen molar-refractivity contribution in [3.63, 3.8) is 0 Å². The zero-order valence-corrected chi connectivity index (χ0v) is 17.3. The lowest BCUT2D eigenvalue weighted by Crippen LogP contribution is -2.37. The lowest BCUT2D eigenvalue weighted by Gasteiger charge is -2.27. The van der Waals surface area contributed by atoms with Crippen molar-refractivity contribution in [1.82, 2.24) is 5.32 Å². The Morgan fingerprint density at radius 2 is 1.08 bits per heavy atom. The summed E-state index contributed by atoms with van der Waals surface area (Å²) in [6, 6.07) is 10.8. The Kier molecular flexibility index (Phi) is 12.8. The third-order valence-electron chi connectivity index (χ3n) is 5.34. The Labute approximate surface area is 158 Å². The first kappa shape index (κ1) is 22.2. The summed E-state index contributed by atoms with van der Waals surface area (Å²) in [4.78, 5) is 0. The topological polar surface area (TPSA) is 12.0 Å². The van der Waals surface area contributed by atoms with E-state index >= 15 is 0 Å². The fourth-order valence-electron chi connectivity index (χ4n) is 3.50. The molecule has 0 aliphatic heterocycles. The highest BCUT2D eigenvalue weighted by molar-refractivity contribution is 5.22. The molecule has 0 fully saturated rings. The molecule has 0 spiro atoms. The fraction of sp³-hybridized carbons (Fsp3) is 0.750. The average Bonchev–Trinajstić information content (AvgIpc) is 2.63. The largest absolute Gasteiger partial charge is 0.308 e. The summed E-state index contributed by atoms with van der Waals surface area (Å²) >= 11 is 0. The van der Waals surface area contributed by atoms with Crippen molar-refractivity contribution in [2.45, 2.75) is 110 Å². The highest BCUT2D eigenvalue weighted by Gasteiger charge is 2.18. The van der Waals surface area contributed by atoms with Crippen LogP contribution in [-0.4, -0.2) is 6.54 Å². The van der Waals surface area contributed by atoms with Gasteiger partial charge in [-0.25, -0.2) is 0 Å². The Balaban J connectivity index is 1.87. The first-order valence-corrected chi connectivity index (χ1v) is 11.0. The van der Waals surface area contributed by atoms with Crippen molar-refractivity contribution in [3.05, 3.63) is 35.9 Å². The minimum atomic E-state index is 0.0817. The number of benzene rings is 1. The van der Waals surface area contributed by atoms with Crippen molar-refractivity contribution in [2.24, 2.45) is 0 Å². The Hall–Kier alpha value is -0.820. The van der Waals surface area contributed by atoms with Gasteiger partial charge >= 0.3 is 0 Å². The van der Waals surface area contributed by atoms with E-state index in [0.29, 0.717) is 0 Å². The summed E-state index contributed by atoms with van der Waals surface area (Å²) < 4.78 is 0. The minimum Gasteiger partial charge on any atom is -0.308 e. The smallest absolute Gasteiger partial charge is 0.0377 e. The second kappa shape index (κ2) is 14.4. The molecule has 1 aromatic carbocycles. The van der Waals surface area contributed by atoms with Crippen molar-refractivity contribution in [2.75, 3.05) is 6.54 Å². The maximum Gasteiger partial charge on any atom is 0.0377 e. The van der Waals surface area contributed by atoms with Crippen molar-refractivity contribution in [3.8, 4) is 0 Å². The molecule has 25 heavy (non-hydrogen) atoms. The van der Waals surface area contributed by atoms with Crippen LogP contribution in [0.5, 0.6) is 0 Å². The quantitative estimate of drug-likeness (QED) is 0.304. The molecule has 1 heteroatoms. The molecule has 0 atom stereocenters. The molecule has 0 aromatic heterocycles. The van der Waals surface area contributed by atoms with E-state index in [1.807, 2.05) is 0 Å². The van der Waals surface area contributed by atoms with Crippen LogP contribution in [0.4, 0.5) is 0 Å². The van der Waals surface area contributed by atoms with Gasteiger partial charge in [0.15, 0.2) is 0 Å². The molecule has 0 aliphatic carbocycles. The van der Waals surface area contributed by atoms with Crippen LogP contribution in [0.1, 0.15) is 110 Å². The van der Waals surface area contributed by atoms with Gasteiger partial charge in [-0.1, -0.05) is 114 Å². The fourth-order valence-corrected chi connectivity index (χ4v) is 3.50. The van der Waals surface area contributed by atoms with Crippen molar-refractivity contribution >= 4 is 0 Å².